The summed E-state index contributed by atoms with van der Waals surface area (Å²) in [4.78, 5) is 0. The monoisotopic (exact) mass is 212 g/mol. The van der Waals surface area contributed by atoms with Crippen LogP contribution < -0.4 is 11.1 Å². The lowest BCUT2D eigenvalue weighted by molar-refractivity contribution is 0.452. The van der Waals surface area contributed by atoms with Crippen LogP contribution in [0, 0.1) is 11.6 Å². The van der Waals surface area contributed by atoms with E-state index in [1.54, 1.807) is 13.1 Å². The summed E-state index contributed by atoms with van der Waals surface area (Å²) in [5.74, 6) is -1.65. The van der Waals surface area contributed by atoms with Crippen molar-refractivity contribution in [2.45, 2.75) is 24.4 Å². The Morgan fingerprint density at radius 1 is 1.33 bits per heavy atom. The van der Waals surface area contributed by atoms with E-state index in [9.17, 15) is 8.78 Å². The van der Waals surface area contributed by atoms with Crippen LogP contribution in [0.4, 0.5) is 8.78 Å². The molecule has 0 bridgehead atoms. The van der Waals surface area contributed by atoms with Crippen LogP contribution >= 0.6 is 0 Å². The fourth-order valence-electron chi connectivity index (χ4n) is 1.91. The fraction of sp³-hybridized carbons (Fsp3) is 0.455. The Morgan fingerprint density at radius 2 is 2.00 bits per heavy atom. The summed E-state index contributed by atoms with van der Waals surface area (Å²) in [7, 11) is 1.78. The molecule has 1 aliphatic rings. The van der Waals surface area contributed by atoms with Gasteiger partial charge in [0, 0.05) is 5.54 Å². The highest BCUT2D eigenvalue weighted by molar-refractivity contribution is 5.27. The summed E-state index contributed by atoms with van der Waals surface area (Å²) in [6.45, 7) is 0. The molecule has 2 rings (SSSR count). The van der Waals surface area contributed by atoms with E-state index in [2.05, 4.69) is 5.32 Å². The van der Waals surface area contributed by atoms with Gasteiger partial charge in [-0.2, -0.15) is 0 Å². The van der Waals surface area contributed by atoms with E-state index < -0.39 is 11.6 Å². The van der Waals surface area contributed by atoms with Gasteiger partial charge in [0.25, 0.3) is 0 Å². The largest absolute Gasteiger partial charge is 0.323 e. The molecule has 1 fully saturated rings. The highest BCUT2D eigenvalue weighted by Gasteiger charge is 2.45. The van der Waals surface area contributed by atoms with Crippen LogP contribution in [0.15, 0.2) is 18.2 Å². The molecule has 1 aromatic rings. The van der Waals surface area contributed by atoms with Crippen LogP contribution in [0.3, 0.4) is 0 Å². The summed E-state index contributed by atoms with van der Waals surface area (Å²) >= 11 is 0. The van der Waals surface area contributed by atoms with Crippen LogP contribution in [0.5, 0.6) is 0 Å². The van der Waals surface area contributed by atoms with Crippen molar-refractivity contribution in [3.8, 4) is 0 Å². The van der Waals surface area contributed by atoms with Gasteiger partial charge < -0.3 is 11.1 Å². The first-order valence-electron chi connectivity index (χ1n) is 4.98. The molecule has 0 aliphatic heterocycles. The molecule has 0 saturated heterocycles. The molecule has 82 valence electrons. The van der Waals surface area contributed by atoms with E-state index in [-0.39, 0.29) is 11.6 Å². The first-order chi connectivity index (χ1) is 7.07. The van der Waals surface area contributed by atoms with Crippen molar-refractivity contribution < 1.29 is 8.78 Å². The van der Waals surface area contributed by atoms with Crippen molar-refractivity contribution in [2.75, 3.05) is 7.05 Å². The minimum absolute atomic E-state index is 0.104. The van der Waals surface area contributed by atoms with Gasteiger partial charge in [0.1, 0.15) is 0 Å². The lowest BCUT2D eigenvalue weighted by Crippen LogP contribution is -2.38. The maximum absolute atomic E-state index is 13.0. The minimum atomic E-state index is -0.824. The second kappa shape index (κ2) is 3.54. The number of nitrogens with two attached hydrogens (primary N) is 1. The Kier molecular flexibility index (Phi) is 2.48. The van der Waals surface area contributed by atoms with Gasteiger partial charge in [-0.05, 0) is 37.6 Å². The smallest absolute Gasteiger partial charge is 0.159 e. The highest BCUT2D eigenvalue weighted by Crippen LogP contribution is 2.43. The Balaban J connectivity index is 2.31. The van der Waals surface area contributed by atoms with Crippen molar-refractivity contribution >= 4 is 0 Å². The molecule has 4 heteroatoms. The van der Waals surface area contributed by atoms with Crippen LogP contribution in [-0.2, 0) is 0 Å². The number of hydrogen-bond acceptors (Lipinski definition) is 2. The number of nitrogens with one attached hydrogen (secondary N) is 1. The zero-order chi connectivity index (χ0) is 11.1. The molecule has 15 heavy (non-hydrogen) atoms. The molecule has 1 aromatic carbocycles. The van der Waals surface area contributed by atoms with E-state index >= 15 is 0 Å². The SMILES string of the molecule is CNC(c1ccc(F)c(F)c1)C1(N)CC1. The molecule has 0 heterocycles. The number of halogens is 2. The topological polar surface area (TPSA) is 38.0 Å². The van der Waals surface area contributed by atoms with Gasteiger partial charge in [-0.25, -0.2) is 8.78 Å². The zero-order valence-electron chi connectivity index (χ0n) is 8.56. The van der Waals surface area contributed by atoms with E-state index in [1.807, 2.05) is 0 Å². The predicted octanol–water partition coefficient (Wildman–Crippen LogP) is 1.72. The lowest BCUT2D eigenvalue weighted by Gasteiger charge is -2.23. The quantitative estimate of drug-likeness (QED) is 0.800. The Bertz CT molecular complexity index is 375. The van der Waals surface area contributed by atoms with E-state index in [1.165, 1.54) is 6.07 Å². The van der Waals surface area contributed by atoms with Gasteiger partial charge in [-0.15, -0.1) is 0 Å². The van der Waals surface area contributed by atoms with Crippen molar-refractivity contribution in [3.63, 3.8) is 0 Å². The van der Waals surface area contributed by atoms with Gasteiger partial charge in [0.2, 0.25) is 0 Å². The molecule has 2 nitrogen and oxygen atoms in total. The fourth-order valence-corrected chi connectivity index (χ4v) is 1.91. The van der Waals surface area contributed by atoms with E-state index in [0.29, 0.717) is 5.56 Å². The number of hydrogen-bond donors (Lipinski definition) is 2. The average Bonchev–Trinajstić information content (AvgIpc) is 2.92. The number of benzene rings is 1. The molecule has 0 amide bonds. The first kappa shape index (κ1) is 10.5. The lowest BCUT2D eigenvalue weighted by atomic mass is 9.98. The van der Waals surface area contributed by atoms with Crippen LogP contribution in [0.25, 0.3) is 0 Å². The standard InChI is InChI=1S/C11H14F2N2/c1-15-10(11(14)4-5-11)7-2-3-8(12)9(13)6-7/h2-3,6,10,15H,4-5,14H2,1H3. The highest BCUT2D eigenvalue weighted by atomic mass is 19.2. The third-order valence-corrected chi connectivity index (χ3v) is 2.97. The summed E-state index contributed by atoms with van der Waals surface area (Å²) in [6.07, 6.45) is 1.83. The second-order valence-electron chi connectivity index (χ2n) is 4.13. The minimum Gasteiger partial charge on any atom is -0.323 e. The summed E-state index contributed by atoms with van der Waals surface area (Å²) < 4.78 is 25.8. The molecule has 1 saturated carbocycles. The number of rotatable bonds is 3. The van der Waals surface area contributed by atoms with Crippen LogP contribution in [-0.4, -0.2) is 12.6 Å². The molecule has 0 spiro atoms. The molecular formula is C11H14F2N2. The van der Waals surface area contributed by atoms with Crippen molar-refractivity contribution in [3.05, 3.63) is 35.4 Å². The zero-order valence-corrected chi connectivity index (χ0v) is 8.56. The molecule has 1 atom stereocenters. The van der Waals surface area contributed by atoms with Crippen LogP contribution in [0.1, 0.15) is 24.4 Å². The predicted molar refractivity (Wildman–Crippen MR) is 54.3 cm³/mol. The maximum atomic E-state index is 13.0. The Morgan fingerprint density at radius 3 is 2.47 bits per heavy atom. The molecular weight excluding hydrogens is 198 g/mol. The third kappa shape index (κ3) is 1.87. The van der Waals surface area contributed by atoms with Gasteiger partial charge in [-0.3, -0.25) is 0 Å². The van der Waals surface area contributed by atoms with E-state index in [4.69, 9.17) is 5.73 Å². The third-order valence-electron chi connectivity index (χ3n) is 2.97. The maximum Gasteiger partial charge on any atom is 0.159 e. The van der Waals surface area contributed by atoms with Gasteiger partial charge in [0.05, 0.1) is 6.04 Å². The first-order valence-corrected chi connectivity index (χ1v) is 4.98. The summed E-state index contributed by atoms with van der Waals surface area (Å²) in [5.41, 5.74) is 6.46. The molecule has 0 radical (unpaired) electrons. The Hall–Kier alpha value is -1.00. The molecule has 1 aliphatic carbocycles. The van der Waals surface area contributed by atoms with Crippen molar-refractivity contribution in [1.82, 2.24) is 5.32 Å². The summed E-state index contributed by atoms with van der Waals surface area (Å²) in [5, 5.41) is 3.05. The van der Waals surface area contributed by atoms with Crippen molar-refractivity contribution in [2.24, 2.45) is 5.73 Å². The van der Waals surface area contributed by atoms with E-state index in [0.717, 1.165) is 18.9 Å². The second-order valence-corrected chi connectivity index (χ2v) is 4.13. The molecule has 3 N–H and O–H groups in total. The van der Waals surface area contributed by atoms with Crippen LogP contribution in [0.2, 0.25) is 0 Å². The van der Waals surface area contributed by atoms with Gasteiger partial charge in [0.15, 0.2) is 11.6 Å². The summed E-state index contributed by atoms with van der Waals surface area (Å²) in [6, 6.07) is 3.82. The van der Waals surface area contributed by atoms with Crippen molar-refractivity contribution in [1.29, 1.82) is 0 Å². The molecule has 0 aromatic heterocycles. The number of likely N-dealkylation sites (N-methyl/N-ethyl adjacent to an activating group) is 1. The average molecular weight is 212 g/mol. The van der Waals surface area contributed by atoms with Gasteiger partial charge >= 0.3 is 0 Å². The van der Waals surface area contributed by atoms with Gasteiger partial charge in [-0.1, -0.05) is 6.07 Å². The normalized spacial score (nSPS) is 20.0. The Labute approximate surface area is 87.5 Å². The molecule has 1 unspecified atom stereocenters.